The van der Waals surface area contributed by atoms with E-state index in [9.17, 15) is 13.2 Å². The van der Waals surface area contributed by atoms with E-state index in [0.29, 0.717) is 45.0 Å². The van der Waals surface area contributed by atoms with Crippen molar-refractivity contribution in [2.75, 3.05) is 32.9 Å². The summed E-state index contributed by atoms with van der Waals surface area (Å²) in [4.78, 5) is 12.1. The van der Waals surface area contributed by atoms with Crippen molar-refractivity contribution in [2.24, 2.45) is 0 Å². The first-order valence-corrected chi connectivity index (χ1v) is 10.2. The van der Waals surface area contributed by atoms with Gasteiger partial charge in [-0.1, -0.05) is 24.3 Å². The highest BCUT2D eigenvalue weighted by atomic mass is 32.2. The third-order valence-electron chi connectivity index (χ3n) is 4.49. The van der Waals surface area contributed by atoms with E-state index < -0.39 is 10.0 Å². The zero-order valence-corrected chi connectivity index (χ0v) is 15.0. The van der Waals surface area contributed by atoms with Gasteiger partial charge in [0.15, 0.2) is 0 Å². The highest BCUT2D eigenvalue weighted by Gasteiger charge is 2.26. The highest BCUT2D eigenvalue weighted by molar-refractivity contribution is 7.88. The molecule has 1 aromatic carbocycles. The number of ether oxygens (including phenoxy) is 2. The number of nitrogens with zero attached hydrogens (tertiary/aromatic N) is 1. The van der Waals surface area contributed by atoms with Crippen LogP contribution in [0, 0.1) is 0 Å². The topological polar surface area (TPSA) is 84.9 Å². The third kappa shape index (κ3) is 4.78. The number of carbonyl (C=O) groups excluding carboxylic acids is 1. The number of rotatable bonds is 6. The number of sulfonamides is 1. The minimum absolute atomic E-state index is 0.0705. The second-order valence-electron chi connectivity index (χ2n) is 6.26. The highest BCUT2D eigenvalue weighted by Crippen LogP contribution is 2.17. The molecular formula is C17H24N2O5S. The van der Waals surface area contributed by atoms with E-state index >= 15 is 0 Å². The summed E-state index contributed by atoms with van der Waals surface area (Å²) < 4.78 is 37.3. The minimum atomic E-state index is -3.40. The Morgan fingerprint density at radius 3 is 2.56 bits per heavy atom. The van der Waals surface area contributed by atoms with Gasteiger partial charge in [-0.25, -0.2) is 8.42 Å². The molecule has 0 bridgehead atoms. The molecule has 2 heterocycles. The van der Waals surface area contributed by atoms with Crippen LogP contribution in [0.1, 0.15) is 24.0 Å². The van der Waals surface area contributed by atoms with Gasteiger partial charge in [-0.05, 0) is 24.0 Å². The van der Waals surface area contributed by atoms with E-state index in [2.05, 4.69) is 5.32 Å². The van der Waals surface area contributed by atoms with Crippen molar-refractivity contribution < 1.29 is 22.7 Å². The lowest BCUT2D eigenvalue weighted by Crippen LogP contribution is -2.41. The van der Waals surface area contributed by atoms with E-state index in [4.69, 9.17) is 9.47 Å². The maximum atomic E-state index is 12.6. The van der Waals surface area contributed by atoms with Crippen molar-refractivity contribution in [3.63, 3.8) is 0 Å². The van der Waals surface area contributed by atoms with Gasteiger partial charge in [-0.2, -0.15) is 4.31 Å². The zero-order valence-electron chi connectivity index (χ0n) is 14.1. The maximum Gasteiger partial charge on any atom is 0.249 e. The Morgan fingerprint density at radius 2 is 1.88 bits per heavy atom. The van der Waals surface area contributed by atoms with Gasteiger partial charge in [0.25, 0.3) is 0 Å². The lowest BCUT2D eigenvalue weighted by Gasteiger charge is -2.26. The first-order chi connectivity index (χ1) is 12.1. The number of carbonyl (C=O) groups is 1. The first-order valence-electron chi connectivity index (χ1n) is 8.58. The molecular weight excluding hydrogens is 344 g/mol. The summed E-state index contributed by atoms with van der Waals surface area (Å²) in [5, 5.41) is 2.85. The van der Waals surface area contributed by atoms with Crippen molar-refractivity contribution >= 4 is 15.9 Å². The number of morpholine rings is 1. The van der Waals surface area contributed by atoms with Gasteiger partial charge in [-0.15, -0.1) is 0 Å². The Morgan fingerprint density at radius 1 is 1.16 bits per heavy atom. The van der Waals surface area contributed by atoms with Crippen LogP contribution in [0.25, 0.3) is 0 Å². The Hall–Kier alpha value is -1.48. The first kappa shape index (κ1) is 18.3. The molecule has 0 saturated carbocycles. The van der Waals surface area contributed by atoms with E-state index in [1.165, 1.54) is 4.31 Å². The van der Waals surface area contributed by atoms with Crippen molar-refractivity contribution in [3.8, 4) is 0 Å². The van der Waals surface area contributed by atoms with Crippen LogP contribution >= 0.6 is 0 Å². The van der Waals surface area contributed by atoms with Gasteiger partial charge in [-0.3, -0.25) is 4.79 Å². The fraction of sp³-hybridized carbons (Fsp3) is 0.588. The van der Waals surface area contributed by atoms with Crippen LogP contribution in [-0.2, 0) is 36.6 Å². The third-order valence-corrected chi connectivity index (χ3v) is 6.32. The summed E-state index contributed by atoms with van der Waals surface area (Å²) in [5.74, 6) is -0.206. The number of hydrogen-bond acceptors (Lipinski definition) is 5. The normalized spacial score (nSPS) is 22.0. The fourth-order valence-corrected chi connectivity index (χ4v) is 4.63. The predicted octanol–water partition coefficient (Wildman–Crippen LogP) is 0.644. The Bertz CT molecular complexity index is 695. The molecule has 2 saturated heterocycles. The maximum absolute atomic E-state index is 12.6. The van der Waals surface area contributed by atoms with E-state index in [1.54, 1.807) is 6.07 Å². The number of nitrogens with one attached hydrogen (secondary N) is 1. The lowest BCUT2D eigenvalue weighted by molar-refractivity contribution is -0.130. The Balaban J connectivity index is 1.64. The van der Waals surface area contributed by atoms with Crippen molar-refractivity contribution in [2.45, 2.75) is 31.2 Å². The molecule has 1 unspecified atom stereocenters. The molecule has 2 aliphatic rings. The summed E-state index contributed by atoms with van der Waals surface area (Å²) in [6.45, 7) is 2.55. The van der Waals surface area contributed by atoms with Crippen molar-refractivity contribution in [1.29, 1.82) is 0 Å². The SMILES string of the molecule is O=C(NCc1ccccc1CS(=O)(=O)N1CCOCC1)C1CCCO1. The molecule has 25 heavy (non-hydrogen) atoms. The molecule has 0 aromatic heterocycles. The molecule has 0 aliphatic carbocycles. The van der Waals surface area contributed by atoms with Crippen LogP contribution in [0.5, 0.6) is 0 Å². The van der Waals surface area contributed by atoms with Gasteiger partial charge in [0.2, 0.25) is 15.9 Å². The predicted molar refractivity (Wildman–Crippen MR) is 92.3 cm³/mol. The number of benzene rings is 1. The standard InChI is InChI=1S/C17H24N2O5S/c20-17(16-6-3-9-24-16)18-12-14-4-1-2-5-15(14)13-25(21,22)19-7-10-23-11-8-19/h1-2,4-5,16H,3,6-13H2,(H,18,20). The van der Waals surface area contributed by atoms with Crippen molar-refractivity contribution in [1.82, 2.24) is 9.62 Å². The molecule has 138 valence electrons. The second-order valence-corrected chi connectivity index (χ2v) is 8.22. The van der Waals surface area contributed by atoms with Crippen LogP contribution in [0.2, 0.25) is 0 Å². The Labute approximate surface area is 148 Å². The molecule has 0 radical (unpaired) electrons. The Kier molecular flexibility index (Phi) is 6.06. The van der Waals surface area contributed by atoms with E-state index in [-0.39, 0.29) is 17.8 Å². The fourth-order valence-electron chi connectivity index (χ4n) is 3.06. The average Bonchev–Trinajstić information content (AvgIpc) is 3.16. The van der Waals surface area contributed by atoms with Crippen LogP contribution in [0.3, 0.4) is 0 Å². The van der Waals surface area contributed by atoms with Crippen molar-refractivity contribution in [3.05, 3.63) is 35.4 Å². The quantitative estimate of drug-likeness (QED) is 0.797. The molecule has 2 fully saturated rings. The minimum Gasteiger partial charge on any atom is -0.379 e. The molecule has 8 heteroatoms. The molecule has 1 atom stereocenters. The molecule has 2 aliphatic heterocycles. The number of hydrogen-bond donors (Lipinski definition) is 1. The molecule has 1 N–H and O–H groups in total. The molecule has 3 rings (SSSR count). The lowest BCUT2D eigenvalue weighted by atomic mass is 10.1. The average molecular weight is 368 g/mol. The van der Waals surface area contributed by atoms with Crippen LogP contribution < -0.4 is 5.32 Å². The van der Waals surface area contributed by atoms with Gasteiger partial charge in [0, 0.05) is 26.2 Å². The largest absolute Gasteiger partial charge is 0.379 e. The van der Waals surface area contributed by atoms with Crippen LogP contribution in [0.4, 0.5) is 0 Å². The van der Waals surface area contributed by atoms with Crippen LogP contribution in [0.15, 0.2) is 24.3 Å². The second kappa shape index (κ2) is 8.27. The molecule has 0 spiro atoms. The summed E-state index contributed by atoms with van der Waals surface area (Å²) in [7, 11) is -3.40. The van der Waals surface area contributed by atoms with Gasteiger partial charge < -0.3 is 14.8 Å². The van der Waals surface area contributed by atoms with Gasteiger partial charge >= 0.3 is 0 Å². The van der Waals surface area contributed by atoms with Crippen LogP contribution in [-0.4, -0.2) is 57.6 Å². The number of amides is 1. The van der Waals surface area contributed by atoms with E-state index in [1.807, 2.05) is 18.2 Å². The zero-order chi connectivity index (χ0) is 17.7. The monoisotopic (exact) mass is 368 g/mol. The summed E-state index contributed by atoms with van der Waals surface area (Å²) >= 11 is 0. The molecule has 7 nitrogen and oxygen atoms in total. The molecule has 1 amide bonds. The van der Waals surface area contributed by atoms with Gasteiger partial charge in [0.05, 0.1) is 19.0 Å². The summed E-state index contributed by atoms with van der Waals surface area (Å²) in [6, 6.07) is 7.31. The smallest absolute Gasteiger partial charge is 0.249 e. The summed E-state index contributed by atoms with van der Waals surface area (Å²) in [5.41, 5.74) is 1.52. The van der Waals surface area contributed by atoms with E-state index in [0.717, 1.165) is 18.4 Å². The van der Waals surface area contributed by atoms with Gasteiger partial charge in [0.1, 0.15) is 6.10 Å². The molecule has 1 aromatic rings. The summed E-state index contributed by atoms with van der Waals surface area (Å²) in [6.07, 6.45) is 1.25.